The average Bonchev–Trinajstić information content (AvgIpc) is 3.17. The van der Waals surface area contributed by atoms with E-state index in [0.717, 1.165) is 29.8 Å². The van der Waals surface area contributed by atoms with Crippen LogP contribution in [-0.2, 0) is 22.6 Å². The van der Waals surface area contributed by atoms with Crippen LogP contribution in [0.4, 0.5) is 5.69 Å². The van der Waals surface area contributed by atoms with Gasteiger partial charge in [0.1, 0.15) is 11.5 Å². The van der Waals surface area contributed by atoms with Crippen molar-refractivity contribution in [3.8, 4) is 5.75 Å². The van der Waals surface area contributed by atoms with Gasteiger partial charge in [-0.05, 0) is 72.0 Å². The zero-order valence-corrected chi connectivity index (χ0v) is 21.2. The number of aliphatic hydroxyl groups excluding tert-OH is 1. The molecule has 2 heterocycles. The Hall–Kier alpha value is -4.59. The molecular formula is C30H28N2O6. The summed E-state index contributed by atoms with van der Waals surface area (Å²) in [6.45, 7) is 0.708. The summed E-state index contributed by atoms with van der Waals surface area (Å²) in [7, 11) is 3.84. The van der Waals surface area contributed by atoms with Crippen molar-refractivity contribution >= 4 is 29.1 Å². The van der Waals surface area contributed by atoms with Crippen molar-refractivity contribution in [3.05, 3.63) is 100 Å². The number of fused-ring (bicyclic) bond motifs is 1. The van der Waals surface area contributed by atoms with Gasteiger partial charge in [-0.3, -0.25) is 9.59 Å². The van der Waals surface area contributed by atoms with Crippen molar-refractivity contribution in [2.24, 2.45) is 0 Å². The second-order valence-electron chi connectivity index (χ2n) is 9.69. The molecule has 1 saturated heterocycles. The van der Waals surface area contributed by atoms with Gasteiger partial charge >= 0.3 is 5.97 Å². The number of ether oxygens (including phenoxy) is 1. The first kappa shape index (κ1) is 25.1. The Kier molecular flexibility index (Phi) is 6.63. The summed E-state index contributed by atoms with van der Waals surface area (Å²) in [5, 5.41) is 20.6. The molecule has 8 nitrogen and oxygen atoms in total. The minimum absolute atomic E-state index is 0.0198. The molecule has 3 aromatic rings. The molecule has 1 unspecified atom stereocenters. The van der Waals surface area contributed by atoms with Crippen LogP contribution >= 0.6 is 0 Å². The van der Waals surface area contributed by atoms with Crippen molar-refractivity contribution in [2.75, 3.05) is 25.6 Å². The SMILES string of the molecule is CN(C)c1ccc(C2/C(=C(/O)c3ccc4c(c3)CCCO4)C(=O)C(=O)N2Cc2ccc(C(=O)O)cc2)cc1. The smallest absolute Gasteiger partial charge is 0.335 e. The van der Waals surface area contributed by atoms with E-state index in [2.05, 4.69) is 0 Å². The number of nitrogens with zero attached hydrogens (tertiary/aromatic N) is 2. The zero-order valence-electron chi connectivity index (χ0n) is 21.2. The van der Waals surface area contributed by atoms with Gasteiger partial charge in [0.15, 0.2) is 0 Å². The Morgan fingerprint density at radius 1 is 0.974 bits per heavy atom. The molecule has 2 aliphatic heterocycles. The van der Waals surface area contributed by atoms with E-state index in [-0.39, 0.29) is 23.4 Å². The summed E-state index contributed by atoms with van der Waals surface area (Å²) in [6, 6.07) is 18.1. The number of hydrogen-bond donors (Lipinski definition) is 2. The third-order valence-corrected chi connectivity index (χ3v) is 7.00. The monoisotopic (exact) mass is 512 g/mol. The highest BCUT2D eigenvalue weighted by molar-refractivity contribution is 6.46. The number of anilines is 1. The number of carboxylic acids is 1. The molecule has 0 aromatic heterocycles. The van der Waals surface area contributed by atoms with Gasteiger partial charge in [0.05, 0.1) is 23.8 Å². The Balaban J connectivity index is 1.60. The Morgan fingerprint density at radius 3 is 2.32 bits per heavy atom. The number of carbonyl (C=O) groups excluding carboxylic acids is 2. The molecule has 38 heavy (non-hydrogen) atoms. The molecule has 0 spiro atoms. The van der Waals surface area contributed by atoms with Gasteiger partial charge in [-0.2, -0.15) is 0 Å². The fourth-order valence-corrected chi connectivity index (χ4v) is 4.96. The van der Waals surface area contributed by atoms with Crippen LogP contribution in [0.15, 0.2) is 72.3 Å². The van der Waals surface area contributed by atoms with Crippen molar-refractivity contribution in [1.82, 2.24) is 4.90 Å². The minimum atomic E-state index is -1.05. The highest BCUT2D eigenvalue weighted by Crippen LogP contribution is 2.41. The van der Waals surface area contributed by atoms with E-state index in [1.54, 1.807) is 24.3 Å². The predicted molar refractivity (Wildman–Crippen MR) is 142 cm³/mol. The Bertz CT molecular complexity index is 1440. The van der Waals surface area contributed by atoms with Crippen molar-refractivity contribution < 1.29 is 29.3 Å². The molecule has 3 aromatic carbocycles. The normalized spacial score (nSPS) is 18.2. The van der Waals surface area contributed by atoms with E-state index in [1.807, 2.05) is 49.3 Å². The molecule has 1 amide bonds. The molecule has 0 bridgehead atoms. The number of carboxylic acid groups (broad SMARTS) is 1. The second-order valence-corrected chi connectivity index (χ2v) is 9.69. The Labute approximate surface area is 220 Å². The standard InChI is InChI=1S/C30H28N2O6/c1-31(2)23-12-9-19(10-13-23)26-25(27(33)22-11-14-24-21(16-22)4-3-15-38-24)28(34)29(35)32(26)17-18-5-7-20(8-6-18)30(36)37/h5-14,16,26,33H,3-4,15,17H2,1-2H3,(H,36,37)/b27-25-. The molecule has 1 fully saturated rings. The van der Waals surface area contributed by atoms with Crippen molar-refractivity contribution in [2.45, 2.75) is 25.4 Å². The summed E-state index contributed by atoms with van der Waals surface area (Å²) in [5.41, 5.74) is 3.84. The maximum Gasteiger partial charge on any atom is 0.335 e. The van der Waals surface area contributed by atoms with E-state index < -0.39 is 23.7 Å². The van der Waals surface area contributed by atoms with Crippen LogP contribution in [0, 0.1) is 0 Å². The molecule has 1 atom stereocenters. The average molecular weight is 513 g/mol. The number of likely N-dealkylation sites (tertiary alicyclic amines) is 1. The number of amides is 1. The lowest BCUT2D eigenvalue weighted by atomic mass is 9.93. The number of aliphatic hydroxyl groups is 1. The van der Waals surface area contributed by atoms with E-state index in [4.69, 9.17) is 4.74 Å². The van der Waals surface area contributed by atoms with Gasteiger partial charge in [0, 0.05) is 31.9 Å². The van der Waals surface area contributed by atoms with Crippen LogP contribution in [0.2, 0.25) is 0 Å². The van der Waals surface area contributed by atoms with E-state index >= 15 is 0 Å². The highest BCUT2D eigenvalue weighted by atomic mass is 16.5. The number of benzene rings is 3. The third-order valence-electron chi connectivity index (χ3n) is 7.00. The van der Waals surface area contributed by atoms with Gasteiger partial charge in [0.25, 0.3) is 11.7 Å². The third kappa shape index (κ3) is 4.61. The molecule has 0 saturated carbocycles. The van der Waals surface area contributed by atoms with Gasteiger partial charge < -0.3 is 24.7 Å². The van der Waals surface area contributed by atoms with Crippen LogP contribution in [0.3, 0.4) is 0 Å². The van der Waals surface area contributed by atoms with E-state index in [0.29, 0.717) is 23.3 Å². The highest BCUT2D eigenvalue weighted by Gasteiger charge is 2.46. The number of rotatable bonds is 6. The molecular weight excluding hydrogens is 484 g/mol. The van der Waals surface area contributed by atoms with Crippen LogP contribution in [0.1, 0.15) is 45.1 Å². The summed E-state index contributed by atoms with van der Waals surface area (Å²) < 4.78 is 5.68. The first-order valence-corrected chi connectivity index (χ1v) is 12.4. The molecule has 194 valence electrons. The number of aryl methyl sites for hydroxylation is 1. The Morgan fingerprint density at radius 2 is 1.66 bits per heavy atom. The number of hydrogen-bond acceptors (Lipinski definition) is 6. The summed E-state index contributed by atoms with van der Waals surface area (Å²) >= 11 is 0. The lowest BCUT2D eigenvalue weighted by Crippen LogP contribution is -2.29. The number of Topliss-reactive ketones (excluding diaryl/α,β-unsaturated/α-hetero) is 1. The first-order chi connectivity index (χ1) is 18.2. The molecule has 0 aliphatic carbocycles. The van der Waals surface area contributed by atoms with Gasteiger partial charge in [-0.25, -0.2) is 4.79 Å². The molecule has 0 radical (unpaired) electrons. The van der Waals surface area contributed by atoms with Crippen molar-refractivity contribution in [3.63, 3.8) is 0 Å². The summed E-state index contributed by atoms with van der Waals surface area (Å²) in [5.74, 6) is -2.01. The van der Waals surface area contributed by atoms with Crippen LogP contribution < -0.4 is 9.64 Å². The maximum atomic E-state index is 13.4. The number of aromatic carboxylic acids is 1. The van der Waals surface area contributed by atoms with Gasteiger partial charge in [0.2, 0.25) is 0 Å². The van der Waals surface area contributed by atoms with Crippen molar-refractivity contribution in [1.29, 1.82) is 0 Å². The summed E-state index contributed by atoms with van der Waals surface area (Å²) in [4.78, 5) is 41.3. The maximum absolute atomic E-state index is 13.4. The molecule has 8 heteroatoms. The van der Waals surface area contributed by atoms with Gasteiger partial charge in [-0.15, -0.1) is 0 Å². The molecule has 2 aliphatic rings. The first-order valence-electron chi connectivity index (χ1n) is 12.4. The van der Waals surface area contributed by atoms with Crippen LogP contribution in [0.5, 0.6) is 5.75 Å². The summed E-state index contributed by atoms with van der Waals surface area (Å²) in [6.07, 6.45) is 1.66. The predicted octanol–water partition coefficient (Wildman–Crippen LogP) is 4.40. The molecule has 2 N–H and O–H groups in total. The fourth-order valence-electron chi connectivity index (χ4n) is 4.96. The van der Waals surface area contributed by atoms with Crippen LogP contribution in [0.25, 0.3) is 5.76 Å². The number of ketones is 1. The number of carbonyl (C=O) groups is 3. The van der Waals surface area contributed by atoms with E-state index in [9.17, 15) is 24.6 Å². The zero-order chi connectivity index (χ0) is 27.0. The lowest BCUT2D eigenvalue weighted by molar-refractivity contribution is -0.140. The topological polar surface area (TPSA) is 107 Å². The largest absolute Gasteiger partial charge is 0.507 e. The van der Waals surface area contributed by atoms with Gasteiger partial charge in [-0.1, -0.05) is 24.3 Å². The van der Waals surface area contributed by atoms with E-state index in [1.165, 1.54) is 17.0 Å². The lowest BCUT2D eigenvalue weighted by Gasteiger charge is -2.26. The second kappa shape index (κ2) is 10.0. The quantitative estimate of drug-likeness (QED) is 0.286. The van der Waals surface area contributed by atoms with Crippen LogP contribution in [-0.4, -0.2) is 53.5 Å². The minimum Gasteiger partial charge on any atom is -0.507 e. The fraction of sp³-hybridized carbons (Fsp3) is 0.233. The molecule has 5 rings (SSSR count).